The van der Waals surface area contributed by atoms with Crippen molar-refractivity contribution in [2.45, 2.75) is 26.0 Å². The topological polar surface area (TPSA) is 61.6 Å². The van der Waals surface area contributed by atoms with Crippen LogP contribution in [0, 0.1) is 0 Å². The fourth-order valence-corrected chi connectivity index (χ4v) is 3.19. The van der Waals surface area contributed by atoms with Gasteiger partial charge in [0.25, 0.3) is 0 Å². The zero-order valence-corrected chi connectivity index (χ0v) is 13.7. The molecule has 0 saturated carbocycles. The van der Waals surface area contributed by atoms with Gasteiger partial charge in [-0.2, -0.15) is 0 Å². The van der Waals surface area contributed by atoms with Crippen LogP contribution in [0.1, 0.15) is 19.9 Å². The van der Waals surface area contributed by atoms with Crippen LogP contribution in [0.25, 0.3) is 11.0 Å². The number of benzene rings is 1. The zero-order chi connectivity index (χ0) is 16.4. The molecule has 1 aromatic heterocycles. The van der Waals surface area contributed by atoms with Crippen LogP contribution < -0.4 is 0 Å². The smallest absolute Gasteiger partial charge is 0.245 e. The molecule has 2 heterocycles. The number of imidazole rings is 1. The van der Waals surface area contributed by atoms with E-state index in [1.165, 1.54) is 0 Å². The van der Waals surface area contributed by atoms with E-state index in [4.69, 9.17) is 0 Å². The molecular weight excluding hydrogens is 292 g/mol. The number of carbonyl (C=O) groups is 1. The zero-order valence-electron chi connectivity index (χ0n) is 13.7. The van der Waals surface area contributed by atoms with E-state index < -0.39 is 0 Å². The third kappa shape index (κ3) is 3.38. The largest absolute Gasteiger partial charge is 0.392 e. The monoisotopic (exact) mass is 316 g/mol. The summed E-state index contributed by atoms with van der Waals surface area (Å²) in [6.07, 6.45) is 1.42. The molecule has 124 valence electrons. The number of amides is 1. The highest BCUT2D eigenvalue weighted by Gasteiger charge is 2.26. The second-order valence-electron chi connectivity index (χ2n) is 6.29. The predicted octanol–water partition coefficient (Wildman–Crippen LogP) is 1.12. The Bertz CT molecular complexity index is 674. The molecule has 0 unspecified atom stereocenters. The predicted molar refractivity (Wildman–Crippen MR) is 89.1 cm³/mol. The quantitative estimate of drug-likeness (QED) is 0.918. The Morgan fingerprint density at radius 2 is 1.91 bits per heavy atom. The van der Waals surface area contributed by atoms with Crippen molar-refractivity contribution in [3.8, 4) is 0 Å². The minimum atomic E-state index is -0.325. The molecule has 2 atom stereocenters. The van der Waals surface area contributed by atoms with Crippen LogP contribution in [0.3, 0.4) is 0 Å². The minimum absolute atomic E-state index is 0.129. The first-order valence-corrected chi connectivity index (χ1v) is 8.17. The van der Waals surface area contributed by atoms with Gasteiger partial charge in [0.05, 0.1) is 23.5 Å². The van der Waals surface area contributed by atoms with Crippen molar-refractivity contribution in [2.75, 3.05) is 32.7 Å². The molecule has 6 nitrogen and oxygen atoms in total. The van der Waals surface area contributed by atoms with E-state index in [9.17, 15) is 9.90 Å². The molecule has 0 bridgehead atoms. The number of aromatic nitrogens is 2. The molecule has 0 radical (unpaired) electrons. The lowest BCUT2D eigenvalue weighted by atomic mass is 10.2. The Kier molecular flexibility index (Phi) is 4.63. The lowest BCUT2D eigenvalue weighted by molar-refractivity contribution is -0.136. The molecule has 1 aliphatic rings. The van der Waals surface area contributed by atoms with E-state index in [0.29, 0.717) is 19.6 Å². The summed E-state index contributed by atoms with van der Waals surface area (Å²) in [5, 5.41) is 9.46. The summed E-state index contributed by atoms with van der Waals surface area (Å²) >= 11 is 0. The lowest BCUT2D eigenvalue weighted by Gasteiger charge is -2.36. The fraction of sp³-hybridized carbons (Fsp3) is 0.529. The number of aliphatic hydroxyl groups is 1. The standard InChI is InChI=1S/C17H24N4O2/c1-13(22)11-19-7-9-20(10-8-19)17(23)14(2)21-12-18-15-5-3-4-6-16(15)21/h3-6,12-14,22H,7-11H2,1-2H3/t13-,14-/m0/s1. The number of carbonyl (C=O) groups excluding carboxylic acids is 1. The number of piperazine rings is 1. The van der Waals surface area contributed by atoms with Crippen molar-refractivity contribution < 1.29 is 9.90 Å². The number of para-hydroxylation sites is 2. The molecule has 6 heteroatoms. The first kappa shape index (κ1) is 16.0. The first-order chi connectivity index (χ1) is 11.1. The summed E-state index contributed by atoms with van der Waals surface area (Å²) < 4.78 is 1.94. The van der Waals surface area contributed by atoms with Crippen molar-refractivity contribution in [2.24, 2.45) is 0 Å². The highest BCUT2D eigenvalue weighted by atomic mass is 16.3. The molecule has 23 heavy (non-hydrogen) atoms. The van der Waals surface area contributed by atoms with Gasteiger partial charge in [-0.1, -0.05) is 12.1 Å². The summed E-state index contributed by atoms with van der Waals surface area (Å²) in [6.45, 7) is 7.44. The number of nitrogens with zero attached hydrogens (tertiary/aromatic N) is 4. The van der Waals surface area contributed by atoms with Gasteiger partial charge in [0.2, 0.25) is 5.91 Å². The fourth-order valence-electron chi connectivity index (χ4n) is 3.19. The summed E-state index contributed by atoms with van der Waals surface area (Å²) in [5.41, 5.74) is 1.90. The number of rotatable bonds is 4. The van der Waals surface area contributed by atoms with Crippen molar-refractivity contribution in [3.63, 3.8) is 0 Å². The van der Waals surface area contributed by atoms with E-state index in [1.54, 1.807) is 13.3 Å². The Balaban J connectivity index is 1.66. The number of aliphatic hydroxyl groups excluding tert-OH is 1. The van der Waals surface area contributed by atoms with Gasteiger partial charge in [-0.15, -0.1) is 0 Å². The number of hydrogen-bond acceptors (Lipinski definition) is 4. The van der Waals surface area contributed by atoms with Crippen LogP contribution in [0.2, 0.25) is 0 Å². The molecule has 1 amide bonds. The van der Waals surface area contributed by atoms with Gasteiger partial charge >= 0.3 is 0 Å². The summed E-state index contributed by atoms with van der Waals surface area (Å²) in [6, 6.07) is 7.61. The molecule has 1 saturated heterocycles. The van der Waals surface area contributed by atoms with Crippen LogP contribution in [0.15, 0.2) is 30.6 Å². The average Bonchev–Trinajstić information content (AvgIpc) is 2.97. The van der Waals surface area contributed by atoms with Gasteiger partial charge in [-0.25, -0.2) is 4.98 Å². The van der Waals surface area contributed by atoms with E-state index in [0.717, 1.165) is 24.1 Å². The molecule has 1 aliphatic heterocycles. The van der Waals surface area contributed by atoms with Gasteiger partial charge in [0.15, 0.2) is 0 Å². The molecule has 0 spiro atoms. The summed E-state index contributed by atoms with van der Waals surface area (Å²) in [7, 11) is 0. The van der Waals surface area contributed by atoms with Crippen molar-refractivity contribution >= 4 is 16.9 Å². The molecule has 1 aromatic carbocycles. The molecule has 1 N–H and O–H groups in total. The SMILES string of the molecule is C[C@H](O)CN1CCN(C(=O)[C@H](C)n2cnc3ccccc32)CC1. The van der Waals surface area contributed by atoms with Crippen molar-refractivity contribution in [3.05, 3.63) is 30.6 Å². The Morgan fingerprint density at radius 1 is 1.22 bits per heavy atom. The summed E-state index contributed by atoms with van der Waals surface area (Å²) in [5.74, 6) is 0.129. The van der Waals surface area contributed by atoms with Crippen LogP contribution in [-0.2, 0) is 4.79 Å². The van der Waals surface area contributed by atoms with Gasteiger partial charge in [0, 0.05) is 32.7 Å². The van der Waals surface area contributed by atoms with Gasteiger partial charge in [0.1, 0.15) is 6.04 Å². The lowest BCUT2D eigenvalue weighted by Crippen LogP contribution is -2.51. The van der Waals surface area contributed by atoms with Crippen LogP contribution >= 0.6 is 0 Å². The third-order valence-corrected chi connectivity index (χ3v) is 4.46. The highest BCUT2D eigenvalue weighted by Crippen LogP contribution is 2.19. The van der Waals surface area contributed by atoms with Crippen molar-refractivity contribution in [1.29, 1.82) is 0 Å². The van der Waals surface area contributed by atoms with Crippen molar-refractivity contribution in [1.82, 2.24) is 19.4 Å². The minimum Gasteiger partial charge on any atom is -0.392 e. The van der Waals surface area contributed by atoms with Gasteiger partial charge in [-0.05, 0) is 26.0 Å². The van der Waals surface area contributed by atoms with E-state index in [2.05, 4.69) is 9.88 Å². The normalized spacial score (nSPS) is 19.0. The van der Waals surface area contributed by atoms with E-state index in [-0.39, 0.29) is 18.1 Å². The number of fused-ring (bicyclic) bond motifs is 1. The average molecular weight is 316 g/mol. The maximum Gasteiger partial charge on any atom is 0.245 e. The molecule has 0 aliphatic carbocycles. The molecular formula is C17H24N4O2. The highest BCUT2D eigenvalue weighted by molar-refractivity contribution is 5.83. The summed E-state index contributed by atoms with van der Waals surface area (Å²) in [4.78, 5) is 21.3. The maximum atomic E-state index is 12.8. The molecule has 3 rings (SSSR count). The molecule has 1 fully saturated rings. The van der Waals surface area contributed by atoms with Crippen LogP contribution in [0.5, 0.6) is 0 Å². The van der Waals surface area contributed by atoms with E-state index in [1.807, 2.05) is 40.7 Å². The second kappa shape index (κ2) is 6.68. The van der Waals surface area contributed by atoms with Crippen LogP contribution in [0.4, 0.5) is 0 Å². The van der Waals surface area contributed by atoms with Crippen LogP contribution in [-0.4, -0.2) is 69.2 Å². The number of β-amino-alcohol motifs (C(OH)–C–C–N with tert-alkyl or cyclic N) is 1. The molecule has 2 aromatic rings. The van der Waals surface area contributed by atoms with Gasteiger partial charge < -0.3 is 14.6 Å². The number of hydrogen-bond donors (Lipinski definition) is 1. The maximum absolute atomic E-state index is 12.8. The van der Waals surface area contributed by atoms with Gasteiger partial charge in [-0.3, -0.25) is 9.69 Å². The Morgan fingerprint density at radius 3 is 2.61 bits per heavy atom. The second-order valence-corrected chi connectivity index (χ2v) is 6.29. The first-order valence-electron chi connectivity index (χ1n) is 8.17. The Hall–Kier alpha value is -1.92. The van der Waals surface area contributed by atoms with E-state index >= 15 is 0 Å². The third-order valence-electron chi connectivity index (χ3n) is 4.46. The Labute approximate surface area is 136 Å².